The van der Waals surface area contributed by atoms with E-state index in [1.54, 1.807) is 7.11 Å². The van der Waals surface area contributed by atoms with Gasteiger partial charge >= 0.3 is 0 Å². The molecule has 1 rings (SSSR count). The van der Waals surface area contributed by atoms with E-state index in [2.05, 4.69) is 19.1 Å². The molecule has 1 aromatic carbocycles. The van der Waals surface area contributed by atoms with Crippen LogP contribution in [0.3, 0.4) is 0 Å². The molecule has 0 saturated heterocycles. The number of unbranched alkanes of at least 4 members (excludes halogenated alkanes) is 1. The first-order valence-corrected chi connectivity index (χ1v) is 5.01. The van der Waals surface area contributed by atoms with E-state index in [1.807, 2.05) is 12.1 Å². The van der Waals surface area contributed by atoms with E-state index in [1.165, 1.54) is 5.56 Å². The van der Waals surface area contributed by atoms with Gasteiger partial charge in [-0.05, 0) is 37.5 Å². The quantitative estimate of drug-likeness (QED) is 0.648. The molecule has 0 aromatic heterocycles. The van der Waals surface area contributed by atoms with Crippen LogP contribution in [0.1, 0.15) is 18.4 Å². The number of aryl methyl sites for hydroxylation is 1. The van der Waals surface area contributed by atoms with Crippen molar-refractivity contribution in [2.45, 2.75) is 19.8 Å². The number of hydrogen-bond donors (Lipinski definition) is 0. The molecule has 0 spiro atoms. The second-order valence-corrected chi connectivity index (χ2v) is 3.36. The van der Waals surface area contributed by atoms with Crippen LogP contribution in [0.2, 0.25) is 0 Å². The van der Waals surface area contributed by atoms with Gasteiger partial charge in [-0.2, -0.15) is 0 Å². The number of ether oxygens (including phenoxy) is 2. The van der Waals surface area contributed by atoms with Crippen LogP contribution < -0.4 is 4.74 Å². The lowest BCUT2D eigenvalue weighted by molar-refractivity contribution is 0.184. The minimum absolute atomic E-state index is 0.771. The molecule has 78 valence electrons. The van der Waals surface area contributed by atoms with Gasteiger partial charge in [0.1, 0.15) is 5.75 Å². The van der Waals surface area contributed by atoms with E-state index < -0.39 is 0 Å². The molecule has 0 aliphatic heterocycles. The summed E-state index contributed by atoms with van der Waals surface area (Å²) in [7, 11) is 1.72. The average molecular weight is 194 g/mol. The molecule has 0 aliphatic rings. The van der Waals surface area contributed by atoms with E-state index in [9.17, 15) is 0 Å². The van der Waals surface area contributed by atoms with Crippen LogP contribution in [-0.2, 0) is 4.74 Å². The molecular formula is C12H18O2. The second kappa shape index (κ2) is 6.44. The van der Waals surface area contributed by atoms with E-state index in [4.69, 9.17) is 9.47 Å². The van der Waals surface area contributed by atoms with Gasteiger partial charge in [-0.3, -0.25) is 0 Å². The summed E-state index contributed by atoms with van der Waals surface area (Å²) in [6.07, 6.45) is 2.10. The fraction of sp³-hybridized carbons (Fsp3) is 0.500. The molecule has 0 amide bonds. The van der Waals surface area contributed by atoms with E-state index in [-0.39, 0.29) is 0 Å². The summed E-state index contributed by atoms with van der Waals surface area (Å²) >= 11 is 0. The van der Waals surface area contributed by atoms with Crippen molar-refractivity contribution in [2.24, 2.45) is 0 Å². The molecule has 0 N–H and O–H groups in total. The third kappa shape index (κ3) is 4.28. The van der Waals surface area contributed by atoms with Gasteiger partial charge in [0.05, 0.1) is 6.61 Å². The van der Waals surface area contributed by atoms with Gasteiger partial charge in [0.2, 0.25) is 0 Å². The summed E-state index contributed by atoms with van der Waals surface area (Å²) < 4.78 is 10.5. The normalized spacial score (nSPS) is 10.1. The van der Waals surface area contributed by atoms with Crippen molar-refractivity contribution in [3.8, 4) is 5.75 Å². The Morgan fingerprint density at radius 2 is 1.93 bits per heavy atom. The van der Waals surface area contributed by atoms with Crippen molar-refractivity contribution in [2.75, 3.05) is 20.3 Å². The molecule has 0 aliphatic carbocycles. The third-order valence-electron chi connectivity index (χ3n) is 2.00. The maximum Gasteiger partial charge on any atom is 0.119 e. The molecule has 0 saturated carbocycles. The Kier molecular flexibility index (Phi) is 5.08. The van der Waals surface area contributed by atoms with Crippen LogP contribution in [0.15, 0.2) is 24.3 Å². The van der Waals surface area contributed by atoms with Crippen LogP contribution >= 0.6 is 0 Å². The molecular weight excluding hydrogens is 176 g/mol. The second-order valence-electron chi connectivity index (χ2n) is 3.36. The third-order valence-corrected chi connectivity index (χ3v) is 2.00. The van der Waals surface area contributed by atoms with Crippen LogP contribution in [0.5, 0.6) is 5.75 Å². The van der Waals surface area contributed by atoms with Crippen molar-refractivity contribution in [1.29, 1.82) is 0 Å². The van der Waals surface area contributed by atoms with Gasteiger partial charge in [0, 0.05) is 13.7 Å². The van der Waals surface area contributed by atoms with Gasteiger partial charge in [0.25, 0.3) is 0 Å². The SMILES string of the molecule is COCCCCOc1cccc(C)c1. The molecule has 0 atom stereocenters. The molecule has 0 radical (unpaired) electrons. The first-order valence-electron chi connectivity index (χ1n) is 5.01. The van der Waals surface area contributed by atoms with Gasteiger partial charge in [-0.1, -0.05) is 12.1 Å². The number of hydrogen-bond acceptors (Lipinski definition) is 2. The molecule has 14 heavy (non-hydrogen) atoms. The minimum Gasteiger partial charge on any atom is -0.494 e. The first kappa shape index (κ1) is 11.1. The number of methoxy groups -OCH3 is 1. The Morgan fingerprint density at radius 1 is 1.14 bits per heavy atom. The predicted molar refractivity (Wildman–Crippen MR) is 57.8 cm³/mol. The van der Waals surface area contributed by atoms with Gasteiger partial charge < -0.3 is 9.47 Å². The van der Waals surface area contributed by atoms with Crippen molar-refractivity contribution < 1.29 is 9.47 Å². The maximum absolute atomic E-state index is 5.58. The summed E-state index contributed by atoms with van der Waals surface area (Å²) in [5.74, 6) is 0.961. The maximum atomic E-state index is 5.58. The molecule has 2 nitrogen and oxygen atoms in total. The highest BCUT2D eigenvalue weighted by molar-refractivity contribution is 5.27. The summed E-state index contributed by atoms with van der Waals surface area (Å²) in [6, 6.07) is 8.12. The number of rotatable bonds is 6. The fourth-order valence-corrected chi connectivity index (χ4v) is 1.24. The summed E-state index contributed by atoms with van der Waals surface area (Å²) in [5, 5.41) is 0. The zero-order chi connectivity index (χ0) is 10.2. The Hall–Kier alpha value is -1.02. The lowest BCUT2D eigenvalue weighted by Crippen LogP contribution is -1.99. The van der Waals surface area contributed by atoms with E-state index in [0.29, 0.717) is 0 Å². The summed E-state index contributed by atoms with van der Waals surface area (Å²) in [6.45, 7) is 3.65. The zero-order valence-electron chi connectivity index (χ0n) is 8.95. The standard InChI is InChI=1S/C12H18O2/c1-11-6-5-7-12(10-11)14-9-4-3-8-13-2/h5-7,10H,3-4,8-9H2,1-2H3. The van der Waals surface area contributed by atoms with Crippen molar-refractivity contribution in [1.82, 2.24) is 0 Å². The van der Waals surface area contributed by atoms with Gasteiger partial charge in [0.15, 0.2) is 0 Å². The topological polar surface area (TPSA) is 18.5 Å². The number of benzene rings is 1. The van der Waals surface area contributed by atoms with Crippen molar-refractivity contribution >= 4 is 0 Å². The average Bonchev–Trinajstić information content (AvgIpc) is 2.18. The smallest absolute Gasteiger partial charge is 0.119 e. The van der Waals surface area contributed by atoms with Crippen LogP contribution in [0, 0.1) is 6.92 Å². The molecule has 2 heteroatoms. The molecule has 1 aromatic rings. The molecule has 0 bridgehead atoms. The Morgan fingerprint density at radius 3 is 2.64 bits per heavy atom. The highest BCUT2D eigenvalue weighted by atomic mass is 16.5. The first-order chi connectivity index (χ1) is 6.83. The largest absolute Gasteiger partial charge is 0.494 e. The van der Waals surface area contributed by atoms with Gasteiger partial charge in [-0.25, -0.2) is 0 Å². The molecule has 0 heterocycles. The highest BCUT2D eigenvalue weighted by Gasteiger charge is 1.93. The fourth-order valence-electron chi connectivity index (χ4n) is 1.24. The van der Waals surface area contributed by atoms with Gasteiger partial charge in [-0.15, -0.1) is 0 Å². The monoisotopic (exact) mass is 194 g/mol. The van der Waals surface area contributed by atoms with Crippen LogP contribution in [0.25, 0.3) is 0 Å². The highest BCUT2D eigenvalue weighted by Crippen LogP contribution is 2.12. The minimum atomic E-state index is 0.771. The van der Waals surface area contributed by atoms with E-state index in [0.717, 1.165) is 31.8 Å². The zero-order valence-corrected chi connectivity index (χ0v) is 8.95. The van der Waals surface area contributed by atoms with Crippen molar-refractivity contribution in [3.05, 3.63) is 29.8 Å². The van der Waals surface area contributed by atoms with Crippen molar-refractivity contribution in [3.63, 3.8) is 0 Å². The Bertz CT molecular complexity index is 258. The molecule has 0 fully saturated rings. The Labute approximate surface area is 85.8 Å². The van der Waals surface area contributed by atoms with Crippen LogP contribution in [-0.4, -0.2) is 20.3 Å². The van der Waals surface area contributed by atoms with Crippen LogP contribution in [0.4, 0.5) is 0 Å². The Balaban J connectivity index is 2.18. The predicted octanol–water partition coefficient (Wildman–Crippen LogP) is 2.80. The van der Waals surface area contributed by atoms with E-state index >= 15 is 0 Å². The lowest BCUT2D eigenvalue weighted by atomic mass is 10.2. The molecule has 0 unspecified atom stereocenters. The summed E-state index contributed by atoms with van der Waals surface area (Å²) in [4.78, 5) is 0. The summed E-state index contributed by atoms with van der Waals surface area (Å²) in [5.41, 5.74) is 1.24. The lowest BCUT2D eigenvalue weighted by Gasteiger charge is -2.06.